The summed E-state index contributed by atoms with van der Waals surface area (Å²) in [7, 11) is -0.0378. The first-order valence-corrected chi connectivity index (χ1v) is 7.26. The van der Waals surface area contributed by atoms with Gasteiger partial charge in [0.05, 0.1) is 12.4 Å². The van der Waals surface area contributed by atoms with E-state index in [1.165, 1.54) is 19.2 Å². The highest BCUT2D eigenvalue weighted by Gasteiger charge is 2.16. The lowest BCUT2D eigenvalue weighted by molar-refractivity contribution is -0.147. The van der Waals surface area contributed by atoms with Gasteiger partial charge in [0.25, 0.3) is 0 Å². The highest BCUT2D eigenvalue weighted by Crippen LogP contribution is 2.10. The summed E-state index contributed by atoms with van der Waals surface area (Å²) < 4.78 is 26.4. The Morgan fingerprint density at radius 1 is 1.45 bits per heavy atom. The van der Waals surface area contributed by atoms with Crippen molar-refractivity contribution in [3.8, 4) is 0 Å². The normalized spacial score (nSPS) is 13.7. The van der Waals surface area contributed by atoms with Crippen LogP contribution in [0, 0.1) is 0 Å². The first-order valence-electron chi connectivity index (χ1n) is 5.77. The fraction of sp³-hybridized carbons (Fsp3) is 0.500. The van der Waals surface area contributed by atoms with Crippen molar-refractivity contribution in [2.75, 3.05) is 19.5 Å². The number of hydrogen-bond acceptors (Lipinski definition) is 6. The quantitative estimate of drug-likeness (QED) is 0.709. The van der Waals surface area contributed by atoms with Crippen molar-refractivity contribution in [2.45, 2.75) is 18.8 Å². The molecule has 1 aromatic rings. The summed E-state index contributed by atoms with van der Waals surface area (Å²) in [6.07, 6.45) is -0.410. The fourth-order valence-electron chi connectivity index (χ4n) is 1.44. The average Bonchev–Trinajstić information content (AvgIpc) is 2.77. The molecule has 2 unspecified atom stereocenters. The van der Waals surface area contributed by atoms with Crippen LogP contribution in [-0.4, -0.2) is 46.8 Å². The molecule has 112 valence electrons. The van der Waals surface area contributed by atoms with Gasteiger partial charge in [-0.25, -0.2) is 4.79 Å². The van der Waals surface area contributed by atoms with E-state index in [1.54, 1.807) is 6.92 Å². The monoisotopic (exact) mass is 304 g/mol. The van der Waals surface area contributed by atoms with Gasteiger partial charge in [0.15, 0.2) is 0 Å². The largest absolute Gasteiger partial charge is 0.475 e. The van der Waals surface area contributed by atoms with Crippen LogP contribution in [-0.2, 0) is 30.8 Å². The minimum Gasteiger partial charge on any atom is -0.475 e. The van der Waals surface area contributed by atoms with Gasteiger partial charge < -0.3 is 19.0 Å². The van der Waals surface area contributed by atoms with E-state index in [0.29, 0.717) is 0 Å². The molecule has 0 radical (unpaired) electrons. The van der Waals surface area contributed by atoms with Crippen LogP contribution in [0.5, 0.6) is 0 Å². The van der Waals surface area contributed by atoms with Gasteiger partial charge >= 0.3 is 11.9 Å². The molecular weight excluding hydrogens is 288 g/mol. The molecule has 0 aliphatic carbocycles. The second-order valence-corrected chi connectivity index (χ2v) is 5.51. The SMILES string of the molecule is COCC(C)OC(=O)CS(=O)Cc1ccc(C(=O)O)o1. The number of furan rings is 1. The lowest BCUT2D eigenvalue weighted by Crippen LogP contribution is -2.23. The highest BCUT2D eigenvalue weighted by molar-refractivity contribution is 7.84. The van der Waals surface area contributed by atoms with E-state index in [4.69, 9.17) is 19.0 Å². The van der Waals surface area contributed by atoms with Crippen molar-refractivity contribution >= 4 is 22.7 Å². The van der Waals surface area contributed by atoms with Gasteiger partial charge in [0.2, 0.25) is 5.76 Å². The van der Waals surface area contributed by atoms with Crippen LogP contribution < -0.4 is 0 Å². The Balaban J connectivity index is 2.42. The van der Waals surface area contributed by atoms with E-state index in [0.717, 1.165) is 0 Å². The molecule has 2 atom stereocenters. The Morgan fingerprint density at radius 2 is 2.15 bits per heavy atom. The fourth-order valence-corrected chi connectivity index (χ4v) is 2.34. The van der Waals surface area contributed by atoms with Crippen molar-refractivity contribution < 1.29 is 32.8 Å². The number of hydrogen-bond donors (Lipinski definition) is 1. The molecule has 1 heterocycles. The zero-order chi connectivity index (χ0) is 15.1. The van der Waals surface area contributed by atoms with Gasteiger partial charge in [-0.15, -0.1) is 0 Å². The number of rotatable bonds is 8. The number of carboxylic acids is 1. The predicted octanol–water partition coefficient (Wildman–Crippen LogP) is 0.805. The van der Waals surface area contributed by atoms with Crippen LogP contribution in [0.25, 0.3) is 0 Å². The van der Waals surface area contributed by atoms with Gasteiger partial charge in [-0.2, -0.15) is 0 Å². The molecule has 0 spiro atoms. The molecule has 0 fully saturated rings. The van der Waals surface area contributed by atoms with Crippen molar-refractivity contribution in [3.63, 3.8) is 0 Å². The summed E-state index contributed by atoms with van der Waals surface area (Å²) in [5, 5.41) is 8.67. The van der Waals surface area contributed by atoms with Crippen LogP contribution >= 0.6 is 0 Å². The minimum absolute atomic E-state index is 0.0406. The smallest absolute Gasteiger partial charge is 0.371 e. The molecule has 0 saturated carbocycles. The lowest BCUT2D eigenvalue weighted by Gasteiger charge is -2.11. The maximum absolute atomic E-state index is 11.7. The molecule has 0 saturated heterocycles. The maximum Gasteiger partial charge on any atom is 0.371 e. The van der Waals surface area contributed by atoms with Crippen LogP contribution in [0.1, 0.15) is 23.2 Å². The Morgan fingerprint density at radius 3 is 2.70 bits per heavy atom. The number of carboxylic acid groups (broad SMARTS) is 1. The summed E-state index contributed by atoms with van der Waals surface area (Å²) in [5.41, 5.74) is 0. The molecule has 1 aromatic heterocycles. The summed E-state index contributed by atoms with van der Waals surface area (Å²) in [6.45, 7) is 1.93. The second-order valence-electron chi connectivity index (χ2n) is 4.06. The third-order valence-electron chi connectivity index (χ3n) is 2.19. The Kier molecular flexibility index (Phi) is 6.40. The number of aromatic carboxylic acids is 1. The molecule has 1 N–H and O–H groups in total. The average molecular weight is 304 g/mol. The van der Waals surface area contributed by atoms with Crippen LogP contribution in [0.15, 0.2) is 16.5 Å². The molecule has 0 bridgehead atoms. The first-order chi connectivity index (χ1) is 9.42. The molecule has 20 heavy (non-hydrogen) atoms. The molecule has 1 rings (SSSR count). The topological polar surface area (TPSA) is 103 Å². The zero-order valence-corrected chi connectivity index (χ0v) is 12.0. The third-order valence-corrected chi connectivity index (χ3v) is 3.35. The molecule has 0 amide bonds. The van der Waals surface area contributed by atoms with Gasteiger partial charge in [-0.1, -0.05) is 0 Å². The van der Waals surface area contributed by atoms with Gasteiger partial charge in [0, 0.05) is 17.9 Å². The van der Waals surface area contributed by atoms with E-state index in [-0.39, 0.29) is 29.6 Å². The standard InChI is InChI=1S/C12H16O7S/c1-8(5-17-2)18-11(13)7-20(16)6-9-3-4-10(19-9)12(14)15/h3-4,8H,5-7H2,1-2H3,(H,14,15). The molecule has 0 aliphatic rings. The summed E-state index contributed by atoms with van der Waals surface area (Å²) in [6, 6.07) is 2.69. The Bertz CT molecular complexity index is 494. The van der Waals surface area contributed by atoms with E-state index in [2.05, 4.69) is 0 Å². The number of ether oxygens (including phenoxy) is 2. The Labute approximate surface area is 118 Å². The zero-order valence-electron chi connectivity index (χ0n) is 11.2. The Hall–Kier alpha value is -1.67. The van der Waals surface area contributed by atoms with E-state index < -0.39 is 28.8 Å². The number of carbonyl (C=O) groups excluding carboxylic acids is 1. The van der Waals surface area contributed by atoms with E-state index >= 15 is 0 Å². The highest BCUT2D eigenvalue weighted by atomic mass is 32.2. The summed E-state index contributed by atoms with van der Waals surface area (Å²) in [5.74, 6) is -2.10. The van der Waals surface area contributed by atoms with Crippen LogP contribution in [0.3, 0.4) is 0 Å². The van der Waals surface area contributed by atoms with Crippen molar-refractivity contribution in [2.24, 2.45) is 0 Å². The van der Waals surface area contributed by atoms with E-state index in [9.17, 15) is 13.8 Å². The van der Waals surface area contributed by atoms with Crippen molar-refractivity contribution in [1.29, 1.82) is 0 Å². The predicted molar refractivity (Wildman–Crippen MR) is 69.8 cm³/mol. The van der Waals surface area contributed by atoms with Crippen molar-refractivity contribution in [1.82, 2.24) is 0 Å². The van der Waals surface area contributed by atoms with Gasteiger partial charge in [-0.05, 0) is 19.1 Å². The molecule has 8 heteroatoms. The van der Waals surface area contributed by atoms with Gasteiger partial charge in [-0.3, -0.25) is 9.00 Å². The van der Waals surface area contributed by atoms with Crippen LogP contribution in [0.2, 0.25) is 0 Å². The summed E-state index contributed by atoms with van der Waals surface area (Å²) >= 11 is 0. The molecular formula is C12H16O7S. The number of methoxy groups -OCH3 is 1. The molecule has 0 aliphatic heterocycles. The minimum atomic E-state index is -1.52. The summed E-state index contributed by atoms with van der Waals surface area (Å²) in [4.78, 5) is 22.1. The first kappa shape index (κ1) is 16.4. The number of carbonyl (C=O) groups is 2. The van der Waals surface area contributed by atoms with E-state index in [1.807, 2.05) is 0 Å². The molecule has 7 nitrogen and oxygen atoms in total. The maximum atomic E-state index is 11.7. The number of esters is 1. The van der Waals surface area contributed by atoms with Gasteiger partial charge in [0.1, 0.15) is 17.6 Å². The second kappa shape index (κ2) is 7.81. The third kappa shape index (κ3) is 5.54. The van der Waals surface area contributed by atoms with Crippen LogP contribution in [0.4, 0.5) is 0 Å². The lowest BCUT2D eigenvalue weighted by atomic mass is 10.4. The van der Waals surface area contributed by atoms with Crippen molar-refractivity contribution in [3.05, 3.63) is 23.7 Å². The molecule has 0 aromatic carbocycles.